The molecule has 1 heterocycles. The number of carbonyl (C=O) groups excluding carboxylic acids is 2. The molecule has 0 aliphatic rings. The highest BCUT2D eigenvalue weighted by Crippen LogP contribution is 2.20. The van der Waals surface area contributed by atoms with Crippen molar-refractivity contribution in [2.75, 3.05) is 13.6 Å². The van der Waals surface area contributed by atoms with Gasteiger partial charge in [-0.2, -0.15) is 5.10 Å². The minimum Gasteiger partial charge on any atom is -0.352 e. The molecule has 3 rings (SSSR count). The second-order valence-corrected chi connectivity index (χ2v) is 6.93. The zero-order chi connectivity index (χ0) is 20.8. The van der Waals surface area contributed by atoms with Gasteiger partial charge in [0.15, 0.2) is 0 Å². The molecule has 0 bridgehead atoms. The topological polar surface area (TPSA) is 80.1 Å². The fourth-order valence-electron chi connectivity index (χ4n) is 3.07. The minimum absolute atomic E-state index is 0.0251. The Balaban J connectivity index is 1.53. The van der Waals surface area contributed by atoms with Gasteiger partial charge in [-0.05, 0) is 43.2 Å². The van der Waals surface area contributed by atoms with E-state index in [1.165, 1.54) is 6.33 Å². The van der Waals surface area contributed by atoms with Crippen LogP contribution in [-0.2, 0) is 4.79 Å². The molecule has 0 radical (unpaired) electrons. The smallest absolute Gasteiger partial charge is 0.251 e. The summed E-state index contributed by atoms with van der Waals surface area (Å²) in [7, 11) is 1.78. The van der Waals surface area contributed by atoms with Crippen LogP contribution in [0.4, 0.5) is 0 Å². The van der Waals surface area contributed by atoms with Crippen molar-refractivity contribution < 1.29 is 9.59 Å². The Morgan fingerprint density at radius 3 is 2.52 bits per heavy atom. The third-order valence-corrected chi connectivity index (χ3v) is 5.05. The monoisotopic (exact) mass is 391 g/mol. The predicted octanol–water partition coefficient (Wildman–Crippen LogP) is 2.92. The first-order valence-electron chi connectivity index (χ1n) is 9.52. The van der Waals surface area contributed by atoms with Gasteiger partial charge in [-0.15, -0.1) is 0 Å². The highest BCUT2D eigenvalue weighted by molar-refractivity contribution is 5.95. The molecule has 1 N–H and O–H groups in total. The summed E-state index contributed by atoms with van der Waals surface area (Å²) < 4.78 is 1.68. The predicted molar refractivity (Wildman–Crippen MR) is 111 cm³/mol. The van der Waals surface area contributed by atoms with Crippen LogP contribution < -0.4 is 5.32 Å². The Morgan fingerprint density at radius 1 is 1.14 bits per heavy atom. The average Bonchev–Trinajstić information content (AvgIpc) is 3.28. The lowest BCUT2D eigenvalue weighted by Crippen LogP contribution is -2.33. The van der Waals surface area contributed by atoms with E-state index in [0.29, 0.717) is 12.1 Å². The van der Waals surface area contributed by atoms with Crippen LogP contribution in [0.1, 0.15) is 40.9 Å². The number of hydrogen-bond donors (Lipinski definition) is 1. The number of benzene rings is 2. The van der Waals surface area contributed by atoms with E-state index < -0.39 is 0 Å². The van der Waals surface area contributed by atoms with Crippen LogP contribution in [-0.4, -0.2) is 45.1 Å². The van der Waals surface area contributed by atoms with Crippen LogP contribution in [0.2, 0.25) is 0 Å². The maximum absolute atomic E-state index is 12.5. The number of amides is 2. The van der Waals surface area contributed by atoms with Crippen LogP contribution in [0, 0.1) is 6.92 Å². The zero-order valence-corrected chi connectivity index (χ0v) is 16.9. The SMILES string of the molecule is Cc1ccccc1C(=O)NCCC(=O)N(C)[C@H](C)c1ccc(-n2cncn2)cc1. The van der Waals surface area contributed by atoms with Crippen LogP contribution in [0.3, 0.4) is 0 Å². The maximum atomic E-state index is 12.5. The molecule has 1 aromatic heterocycles. The van der Waals surface area contributed by atoms with E-state index in [2.05, 4.69) is 15.4 Å². The number of nitrogens with zero attached hydrogens (tertiary/aromatic N) is 4. The van der Waals surface area contributed by atoms with Crippen molar-refractivity contribution in [1.82, 2.24) is 25.0 Å². The number of carbonyl (C=O) groups is 2. The summed E-state index contributed by atoms with van der Waals surface area (Å²) in [5.74, 6) is -0.182. The normalized spacial score (nSPS) is 11.7. The second-order valence-electron chi connectivity index (χ2n) is 6.93. The molecule has 0 fully saturated rings. The zero-order valence-electron chi connectivity index (χ0n) is 16.9. The molecular formula is C22H25N5O2. The molecule has 0 saturated heterocycles. The molecule has 1 atom stereocenters. The molecular weight excluding hydrogens is 366 g/mol. The van der Waals surface area contributed by atoms with Gasteiger partial charge in [0.05, 0.1) is 11.7 Å². The molecule has 2 amide bonds. The lowest BCUT2D eigenvalue weighted by Gasteiger charge is -2.25. The van der Waals surface area contributed by atoms with Crippen molar-refractivity contribution in [3.05, 3.63) is 77.9 Å². The summed E-state index contributed by atoms with van der Waals surface area (Å²) >= 11 is 0. The summed E-state index contributed by atoms with van der Waals surface area (Å²) in [6.07, 6.45) is 3.37. The molecule has 0 unspecified atom stereocenters. The number of nitrogens with one attached hydrogen (secondary N) is 1. The van der Waals surface area contributed by atoms with E-state index in [1.54, 1.807) is 29.0 Å². The van der Waals surface area contributed by atoms with Crippen LogP contribution >= 0.6 is 0 Å². The van der Waals surface area contributed by atoms with E-state index in [4.69, 9.17) is 0 Å². The summed E-state index contributed by atoms with van der Waals surface area (Å²) in [5, 5.41) is 6.93. The first-order valence-corrected chi connectivity index (χ1v) is 9.52. The Kier molecular flexibility index (Phi) is 6.39. The van der Waals surface area contributed by atoms with Crippen LogP contribution in [0.25, 0.3) is 5.69 Å². The van der Waals surface area contributed by atoms with Crippen molar-refractivity contribution in [2.24, 2.45) is 0 Å². The van der Waals surface area contributed by atoms with E-state index in [0.717, 1.165) is 16.8 Å². The fraction of sp³-hybridized carbons (Fsp3) is 0.273. The molecule has 0 spiro atoms. The number of aryl methyl sites for hydroxylation is 1. The molecule has 0 aliphatic carbocycles. The van der Waals surface area contributed by atoms with Gasteiger partial charge in [0.2, 0.25) is 5.91 Å². The van der Waals surface area contributed by atoms with Gasteiger partial charge in [0.25, 0.3) is 5.91 Å². The van der Waals surface area contributed by atoms with Crippen molar-refractivity contribution in [2.45, 2.75) is 26.3 Å². The van der Waals surface area contributed by atoms with Gasteiger partial charge in [0.1, 0.15) is 12.7 Å². The maximum Gasteiger partial charge on any atom is 0.251 e. The van der Waals surface area contributed by atoms with Crippen molar-refractivity contribution in [3.8, 4) is 5.69 Å². The standard InChI is InChI=1S/C22H25N5O2/c1-16-6-4-5-7-20(16)22(29)24-13-12-21(28)26(3)17(2)18-8-10-19(11-9-18)27-15-23-14-25-27/h4-11,14-15,17H,12-13H2,1-3H3,(H,24,29)/t17-/m1/s1. The molecule has 0 saturated carbocycles. The average molecular weight is 391 g/mol. The molecule has 2 aromatic carbocycles. The minimum atomic E-state index is -0.157. The largest absolute Gasteiger partial charge is 0.352 e. The number of hydrogen-bond acceptors (Lipinski definition) is 4. The van der Waals surface area contributed by atoms with Gasteiger partial charge in [-0.25, -0.2) is 9.67 Å². The third kappa shape index (κ3) is 4.87. The highest BCUT2D eigenvalue weighted by Gasteiger charge is 2.18. The number of rotatable bonds is 7. The van der Waals surface area contributed by atoms with E-state index in [9.17, 15) is 9.59 Å². The van der Waals surface area contributed by atoms with E-state index in [1.807, 2.05) is 56.3 Å². The molecule has 7 nitrogen and oxygen atoms in total. The molecule has 29 heavy (non-hydrogen) atoms. The Labute approximate surface area is 170 Å². The summed E-state index contributed by atoms with van der Waals surface area (Å²) in [4.78, 5) is 30.4. The lowest BCUT2D eigenvalue weighted by molar-refractivity contribution is -0.131. The molecule has 7 heteroatoms. The summed E-state index contributed by atoms with van der Waals surface area (Å²) in [6.45, 7) is 4.17. The van der Waals surface area contributed by atoms with Gasteiger partial charge in [0, 0.05) is 25.6 Å². The van der Waals surface area contributed by atoms with Gasteiger partial charge >= 0.3 is 0 Å². The van der Waals surface area contributed by atoms with Crippen molar-refractivity contribution in [1.29, 1.82) is 0 Å². The Hall–Kier alpha value is -3.48. The fourth-order valence-corrected chi connectivity index (χ4v) is 3.07. The quantitative estimate of drug-likeness (QED) is 0.672. The van der Waals surface area contributed by atoms with Crippen molar-refractivity contribution >= 4 is 11.8 Å². The van der Waals surface area contributed by atoms with Gasteiger partial charge in [-0.3, -0.25) is 9.59 Å². The van der Waals surface area contributed by atoms with Crippen LogP contribution in [0.5, 0.6) is 0 Å². The van der Waals surface area contributed by atoms with Gasteiger partial charge in [-0.1, -0.05) is 30.3 Å². The molecule has 3 aromatic rings. The molecule has 0 aliphatic heterocycles. The Bertz CT molecular complexity index is 967. The number of aromatic nitrogens is 3. The Morgan fingerprint density at radius 2 is 1.86 bits per heavy atom. The van der Waals surface area contributed by atoms with E-state index in [-0.39, 0.29) is 24.3 Å². The molecule has 150 valence electrons. The van der Waals surface area contributed by atoms with E-state index >= 15 is 0 Å². The third-order valence-electron chi connectivity index (χ3n) is 5.05. The van der Waals surface area contributed by atoms with Crippen molar-refractivity contribution in [3.63, 3.8) is 0 Å². The summed E-state index contributed by atoms with van der Waals surface area (Å²) in [6, 6.07) is 15.2. The van der Waals surface area contributed by atoms with Crippen LogP contribution in [0.15, 0.2) is 61.2 Å². The second kappa shape index (κ2) is 9.14. The first-order chi connectivity index (χ1) is 14.0. The highest BCUT2D eigenvalue weighted by atomic mass is 16.2. The lowest BCUT2D eigenvalue weighted by atomic mass is 10.1. The van der Waals surface area contributed by atoms with Gasteiger partial charge < -0.3 is 10.2 Å². The summed E-state index contributed by atoms with van der Waals surface area (Å²) in [5.41, 5.74) is 3.48. The first kappa shape index (κ1) is 20.3.